The Bertz CT molecular complexity index is 668. The molecular formula is C18H24F3IN4O. The Labute approximate surface area is 174 Å². The molecule has 0 radical (unpaired) electrons. The second-order valence-electron chi connectivity index (χ2n) is 5.69. The minimum absolute atomic E-state index is 0. The lowest BCUT2D eigenvalue weighted by Crippen LogP contribution is -2.37. The van der Waals surface area contributed by atoms with Gasteiger partial charge in [0.2, 0.25) is 0 Å². The van der Waals surface area contributed by atoms with Crippen LogP contribution in [0.5, 0.6) is 0 Å². The molecule has 1 saturated heterocycles. The van der Waals surface area contributed by atoms with Crippen LogP contribution in [-0.2, 0) is 17.5 Å². The van der Waals surface area contributed by atoms with Gasteiger partial charge in [-0.2, -0.15) is 13.2 Å². The van der Waals surface area contributed by atoms with Crippen LogP contribution in [0, 0.1) is 12.3 Å². The molecule has 27 heavy (non-hydrogen) atoms. The number of rotatable bonds is 5. The van der Waals surface area contributed by atoms with Crippen LogP contribution in [-0.4, -0.2) is 45.4 Å². The van der Waals surface area contributed by atoms with Gasteiger partial charge < -0.3 is 20.3 Å². The van der Waals surface area contributed by atoms with Crippen LogP contribution >= 0.6 is 24.0 Å². The number of terminal acetylenes is 1. The van der Waals surface area contributed by atoms with Crippen molar-refractivity contribution in [2.75, 3.05) is 44.3 Å². The third-order valence-electron chi connectivity index (χ3n) is 3.88. The van der Waals surface area contributed by atoms with Crippen LogP contribution in [0.1, 0.15) is 18.1 Å². The SMILES string of the molecule is C#CCNC(=NCc1ccc(N2CCOCC2)cc1C(F)(F)F)NCC.I. The van der Waals surface area contributed by atoms with Gasteiger partial charge >= 0.3 is 6.18 Å². The monoisotopic (exact) mass is 496 g/mol. The van der Waals surface area contributed by atoms with Crippen LogP contribution in [0.4, 0.5) is 18.9 Å². The van der Waals surface area contributed by atoms with Crippen molar-refractivity contribution in [1.29, 1.82) is 0 Å². The van der Waals surface area contributed by atoms with Crippen LogP contribution in [0.15, 0.2) is 23.2 Å². The van der Waals surface area contributed by atoms with Crippen molar-refractivity contribution in [1.82, 2.24) is 10.6 Å². The van der Waals surface area contributed by atoms with Gasteiger partial charge in [0, 0.05) is 25.3 Å². The Kier molecular flexibility index (Phi) is 9.73. The summed E-state index contributed by atoms with van der Waals surface area (Å²) in [6.45, 7) is 4.78. The van der Waals surface area contributed by atoms with E-state index < -0.39 is 11.7 Å². The third-order valence-corrected chi connectivity index (χ3v) is 3.88. The summed E-state index contributed by atoms with van der Waals surface area (Å²) >= 11 is 0. The molecule has 2 N–H and O–H groups in total. The molecule has 0 bridgehead atoms. The predicted molar refractivity (Wildman–Crippen MR) is 112 cm³/mol. The van der Waals surface area contributed by atoms with E-state index >= 15 is 0 Å². The van der Waals surface area contributed by atoms with Gasteiger partial charge in [-0.1, -0.05) is 12.0 Å². The molecular weight excluding hydrogens is 472 g/mol. The first-order valence-electron chi connectivity index (χ1n) is 8.44. The standard InChI is InChI=1S/C18H23F3N4O.HI/c1-3-7-23-17(22-4-2)24-13-14-5-6-15(12-16(14)18(19,20)21)25-8-10-26-11-9-25;/h1,5-6,12H,4,7-11,13H2,2H3,(H2,22,23,24);1H. The second-order valence-corrected chi connectivity index (χ2v) is 5.69. The average molecular weight is 496 g/mol. The molecule has 0 unspecified atom stereocenters. The predicted octanol–water partition coefficient (Wildman–Crippen LogP) is 2.85. The van der Waals surface area contributed by atoms with Crippen LogP contribution in [0.3, 0.4) is 0 Å². The molecule has 2 rings (SSSR count). The summed E-state index contributed by atoms with van der Waals surface area (Å²) < 4.78 is 45.8. The first-order valence-corrected chi connectivity index (χ1v) is 8.44. The van der Waals surface area contributed by atoms with Crippen molar-refractivity contribution in [3.63, 3.8) is 0 Å². The van der Waals surface area contributed by atoms with Crippen LogP contribution < -0.4 is 15.5 Å². The summed E-state index contributed by atoms with van der Waals surface area (Å²) in [4.78, 5) is 6.10. The van der Waals surface area contributed by atoms with E-state index in [2.05, 4.69) is 21.5 Å². The Hall–Kier alpha value is -1.67. The van der Waals surface area contributed by atoms with Gasteiger partial charge in [-0.3, -0.25) is 0 Å². The Morgan fingerprint density at radius 2 is 2.00 bits per heavy atom. The van der Waals surface area contributed by atoms with Crippen molar-refractivity contribution in [2.45, 2.75) is 19.6 Å². The van der Waals surface area contributed by atoms with Crippen molar-refractivity contribution in [3.8, 4) is 12.3 Å². The van der Waals surface area contributed by atoms with Gasteiger partial charge in [0.1, 0.15) is 0 Å². The number of guanidine groups is 1. The third kappa shape index (κ3) is 7.10. The van der Waals surface area contributed by atoms with E-state index in [1.54, 1.807) is 6.07 Å². The first-order chi connectivity index (χ1) is 12.5. The normalized spacial score (nSPS) is 14.9. The maximum Gasteiger partial charge on any atom is 0.416 e. The number of alkyl halides is 3. The number of morpholine rings is 1. The molecule has 1 aromatic carbocycles. The quantitative estimate of drug-likeness (QED) is 0.285. The number of ether oxygens (including phenoxy) is 1. The van der Waals surface area contributed by atoms with E-state index in [0.29, 0.717) is 44.5 Å². The Morgan fingerprint density at radius 1 is 1.30 bits per heavy atom. The molecule has 0 aromatic heterocycles. The highest BCUT2D eigenvalue weighted by atomic mass is 127. The summed E-state index contributed by atoms with van der Waals surface area (Å²) in [5, 5.41) is 5.81. The lowest BCUT2D eigenvalue weighted by atomic mass is 10.1. The zero-order valence-corrected chi connectivity index (χ0v) is 17.4. The average Bonchev–Trinajstić information content (AvgIpc) is 2.64. The topological polar surface area (TPSA) is 48.9 Å². The second kappa shape index (κ2) is 11.2. The largest absolute Gasteiger partial charge is 0.416 e. The van der Waals surface area contributed by atoms with Crippen LogP contribution in [0.2, 0.25) is 0 Å². The van der Waals surface area contributed by atoms with Crippen molar-refractivity contribution < 1.29 is 17.9 Å². The highest BCUT2D eigenvalue weighted by Crippen LogP contribution is 2.35. The number of halogens is 4. The Balaban J connectivity index is 0.00000364. The van der Waals surface area contributed by atoms with E-state index in [1.165, 1.54) is 12.1 Å². The summed E-state index contributed by atoms with van der Waals surface area (Å²) in [6, 6.07) is 4.38. The van der Waals surface area contributed by atoms with Gasteiger partial charge in [0.25, 0.3) is 0 Å². The zero-order chi connectivity index (χ0) is 19.0. The summed E-state index contributed by atoms with van der Waals surface area (Å²) in [7, 11) is 0. The zero-order valence-electron chi connectivity index (χ0n) is 15.1. The van der Waals surface area contributed by atoms with E-state index in [1.807, 2.05) is 11.8 Å². The molecule has 1 aromatic rings. The van der Waals surface area contributed by atoms with Gasteiger partial charge in [-0.25, -0.2) is 4.99 Å². The van der Waals surface area contributed by atoms with Gasteiger partial charge in [-0.05, 0) is 24.6 Å². The number of aliphatic imine (C=N–C) groups is 1. The number of anilines is 1. The van der Waals surface area contributed by atoms with Crippen molar-refractivity contribution in [2.24, 2.45) is 4.99 Å². The molecule has 1 fully saturated rings. The lowest BCUT2D eigenvalue weighted by Gasteiger charge is -2.29. The molecule has 1 heterocycles. The van der Waals surface area contributed by atoms with Crippen LogP contribution in [0.25, 0.3) is 0 Å². The molecule has 1 aliphatic heterocycles. The summed E-state index contributed by atoms with van der Waals surface area (Å²) in [5.74, 6) is 2.79. The molecule has 9 heteroatoms. The summed E-state index contributed by atoms with van der Waals surface area (Å²) in [5.41, 5.74) is -0.00354. The minimum atomic E-state index is -4.45. The number of hydrogen-bond acceptors (Lipinski definition) is 3. The van der Waals surface area contributed by atoms with Gasteiger partial charge in [0.15, 0.2) is 5.96 Å². The minimum Gasteiger partial charge on any atom is -0.378 e. The molecule has 0 saturated carbocycles. The number of benzene rings is 1. The highest BCUT2D eigenvalue weighted by Gasteiger charge is 2.34. The molecule has 5 nitrogen and oxygen atoms in total. The maximum atomic E-state index is 13.5. The van der Waals surface area contributed by atoms with E-state index in [9.17, 15) is 13.2 Å². The molecule has 0 amide bonds. The fourth-order valence-electron chi connectivity index (χ4n) is 2.63. The van der Waals surface area contributed by atoms with Gasteiger partial charge in [-0.15, -0.1) is 30.4 Å². The molecule has 0 atom stereocenters. The summed E-state index contributed by atoms with van der Waals surface area (Å²) in [6.07, 6.45) is 0.745. The fraction of sp³-hybridized carbons (Fsp3) is 0.500. The van der Waals surface area contributed by atoms with E-state index in [0.717, 1.165) is 0 Å². The molecule has 0 aliphatic carbocycles. The highest BCUT2D eigenvalue weighted by molar-refractivity contribution is 14.0. The maximum absolute atomic E-state index is 13.5. The van der Waals surface area contributed by atoms with Crippen molar-refractivity contribution in [3.05, 3.63) is 29.3 Å². The molecule has 0 spiro atoms. The van der Waals surface area contributed by atoms with Gasteiger partial charge in [0.05, 0.1) is 31.9 Å². The number of nitrogens with one attached hydrogen (secondary N) is 2. The lowest BCUT2D eigenvalue weighted by molar-refractivity contribution is -0.138. The number of hydrogen-bond donors (Lipinski definition) is 2. The molecule has 150 valence electrons. The smallest absolute Gasteiger partial charge is 0.378 e. The molecule has 1 aliphatic rings. The number of nitrogens with zero attached hydrogens (tertiary/aromatic N) is 2. The first kappa shape index (κ1) is 23.4. The van der Waals surface area contributed by atoms with Crippen molar-refractivity contribution >= 4 is 35.6 Å². The van der Waals surface area contributed by atoms with E-state index in [4.69, 9.17) is 11.2 Å². The Morgan fingerprint density at radius 3 is 2.59 bits per heavy atom. The fourth-order valence-corrected chi connectivity index (χ4v) is 2.63. The van der Waals surface area contributed by atoms with E-state index in [-0.39, 0.29) is 42.6 Å².